The van der Waals surface area contributed by atoms with Gasteiger partial charge < -0.3 is 19.4 Å². The second-order valence-corrected chi connectivity index (χ2v) is 9.94. The fourth-order valence-electron chi connectivity index (χ4n) is 5.09. The summed E-state index contributed by atoms with van der Waals surface area (Å²) in [6, 6.07) is 5.69. The van der Waals surface area contributed by atoms with Gasteiger partial charge in [-0.2, -0.15) is 0 Å². The minimum absolute atomic E-state index is 0.131. The first-order valence-electron chi connectivity index (χ1n) is 13.6. The summed E-state index contributed by atoms with van der Waals surface area (Å²) in [5.74, 6) is 3.91. The van der Waals surface area contributed by atoms with Crippen LogP contribution in [0.25, 0.3) is 11.0 Å². The van der Waals surface area contributed by atoms with Crippen LogP contribution in [0.15, 0.2) is 42.9 Å². The van der Waals surface area contributed by atoms with E-state index in [1.165, 1.54) is 19.1 Å². The number of anilines is 3. The highest BCUT2D eigenvalue weighted by atomic mass is 19.1. The molecular formula is C31H32F2N6O3. The van der Waals surface area contributed by atoms with Crippen molar-refractivity contribution < 1.29 is 23.0 Å². The van der Waals surface area contributed by atoms with E-state index >= 15 is 8.78 Å². The first-order chi connectivity index (χ1) is 20.4. The average Bonchev–Trinajstić information content (AvgIpc) is 3.41. The molecule has 218 valence electrons. The van der Waals surface area contributed by atoms with Crippen LogP contribution in [0.1, 0.15) is 31.0 Å². The predicted octanol–water partition coefficient (Wildman–Crippen LogP) is 5.81. The van der Waals surface area contributed by atoms with Gasteiger partial charge in [-0.15, -0.1) is 5.92 Å². The van der Waals surface area contributed by atoms with Crippen molar-refractivity contribution in [2.75, 3.05) is 44.2 Å². The Bertz CT molecular complexity index is 1640. The highest BCUT2D eigenvalue weighted by Crippen LogP contribution is 2.44. The maximum atomic E-state index is 15.5. The first-order valence-corrected chi connectivity index (χ1v) is 13.6. The van der Waals surface area contributed by atoms with E-state index in [2.05, 4.69) is 45.7 Å². The Kier molecular flexibility index (Phi) is 8.54. The summed E-state index contributed by atoms with van der Waals surface area (Å²) in [7, 11) is 4.60. The molecule has 0 spiro atoms. The number of ether oxygens (including phenoxy) is 2. The molecule has 4 aromatic rings. The van der Waals surface area contributed by atoms with Crippen molar-refractivity contribution in [1.82, 2.24) is 19.9 Å². The van der Waals surface area contributed by atoms with Gasteiger partial charge in [0.25, 0.3) is 0 Å². The molecular weight excluding hydrogens is 542 g/mol. The molecule has 1 aromatic carbocycles. The molecule has 2 amide bonds. The van der Waals surface area contributed by atoms with Gasteiger partial charge in [-0.05, 0) is 38.2 Å². The molecule has 0 saturated carbocycles. The fraction of sp³-hybridized carbons (Fsp3) is 0.323. The summed E-state index contributed by atoms with van der Waals surface area (Å²) in [6.45, 7) is 3.96. The highest BCUT2D eigenvalue weighted by Gasteiger charge is 2.38. The van der Waals surface area contributed by atoms with Crippen molar-refractivity contribution in [2.45, 2.75) is 32.7 Å². The summed E-state index contributed by atoms with van der Waals surface area (Å²) in [5, 5.41) is 0.695. The Morgan fingerprint density at radius 2 is 1.76 bits per heavy atom. The van der Waals surface area contributed by atoms with Crippen LogP contribution in [0, 0.1) is 23.5 Å². The second-order valence-electron chi connectivity index (χ2n) is 9.94. The number of aromatic amines is 1. The van der Waals surface area contributed by atoms with Crippen molar-refractivity contribution in [3.8, 4) is 23.3 Å². The zero-order chi connectivity index (χ0) is 29.8. The minimum atomic E-state index is -1.01. The van der Waals surface area contributed by atoms with Crippen molar-refractivity contribution >= 4 is 34.1 Å². The molecule has 0 atom stereocenters. The normalized spacial score (nSPS) is 12.9. The van der Waals surface area contributed by atoms with E-state index in [0.29, 0.717) is 34.4 Å². The minimum Gasteiger partial charge on any atom is -0.493 e. The molecule has 3 aromatic heterocycles. The van der Waals surface area contributed by atoms with Crippen LogP contribution in [0.2, 0.25) is 0 Å². The quantitative estimate of drug-likeness (QED) is 0.254. The van der Waals surface area contributed by atoms with Crippen LogP contribution >= 0.6 is 0 Å². The van der Waals surface area contributed by atoms with E-state index in [0.717, 1.165) is 42.6 Å². The number of urea groups is 1. The fourth-order valence-corrected chi connectivity index (χ4v) is 5.09. The Balaban J connectivity index is 1.56. The summed E-state index contributed by atoms with van der Waals surface area (Å²) in [4.78, 5) is 30.8. The molecule has 1 aliphatic rings. The number of pyridine rings is 2. The molecule has 1 aliphatic heterocycles. The Morgan fingerprint density at radius 3 is 2.43 bits per heavy atom. The van der Waals surface area contributed by atoms with Gasteiger partial charge in [-0.25, -0.2) is 18.6 Å². The Hall–Kier alpha value is -4.69. The van der Waals surface area contributed by atoms with Crippen LogP contribution in [0.3, 0.4) is 0 Å². The van der Waals surface area contributed by atoms with E-state index in [-0.39, 0.29) is 18.0 Å². The number of hydrogen-bond acceptors (Lipinski definition) is 6. The maximum Gasteiger partial charge on any atom is 0.334 e. The maximum absolute atomic E-state index is 15.5. The Labute approximate surface area is 243 Å². The lowest BCUT2D eigenvalue weighted by atomic mass is 10.1. The molecule has 0 saturated heterocycles. The first kappa shape index (κ1) is 28.8. The van der Waals surface area contributed by atoms with Gasteiger partial charge >= 0.3 is 6.03 Å². The summed E-state index contributed by atoms with van der Waals surface area (Å²) < 4.78 is 41.3. The van der Waals surface area contributed by atoms with Crippen LogP contribution in [-0.2, 0) is 13.0 Å². The number of amides is 2. The molecule has 0 fully saturated rings. The smallest absolute Gasteiger partial charge is 0.334 e. The van der Waals surface area contributed by atoms with Crippen LogP contribution in [0.5, 0.6) is 11.5 Å². The van der Waals surface area contributed by atoms with Gasteiger partial charge in [0, 0.05) is 60.7 Å². The number of aromatic nitrogens is 3. The van der Waals surface area contributed by atoms with Gasteiger partial charge in [-0.3, -0.25) is 14.8 Å². The lowest BCUT2D eigenvalue weighted by Crippen LogP contribution is -2.46. The van der Waals surface area contributed by atoms with Crippen molar-refractivity contribution in [2.24, 2.45) is 0 Å². The third-order valence-corrected chi connectivity index (χ3v) is 7.10. The predicted molar refractivity (Wildman–Crippen MR) is 157 cm³/mol. The van der Waals surface area contributed by atoms with Gasteiger partial charge in [0.2, 0.25) is 0 Å². The largest absolute Gasteiger partial charge is 0.493 e. The molecule has 42 heavy (non-hydrogen) atoms. The number of hydrogen-bond donors (Lipinski definition) is 1. The van der Waals surface area contributed by atoms with Crippen molar-refractivity contribution in [3.63, 3.8) is 0 Å². The molecule has 4 heterocycles. The van der Waals surface area contributed by atoms with E-state index in [1.807, 2.05) is 6.07 Å². The van der Waals surface area contributed by atoms with Crippen LogP contribution < -0.4 is 19.3 Å². The monoisotopic (exact) mass is 574 g/mol. The van der Waals surface area contributed by atoms with E-state index < -0.39 is 23.4 Å². The number of carbonyl (C=O) groups excluding carboxylic acids is 1. The van der Waals surface area contributed by atoms with Gasteiger partial charge in [0.1, 0.15) is 11.3 Å². The number of nitrogens with one attached hydrogen (secondary N) is 1. The number of methoxy groups -OCH3 is 2. The second kappa shape index (κ2) is 12.4. The molecule has 0 aliphatic carbocycles. The molecule has 1 N–H and O–H groups in total. The topological polar surface area (TPSA) is 86.8 Å². The third-order valence-electron chi connectivity index (χ3n) is 7.10. The number of H-pyrrole nitrogens is 1. The number of fused-ring (bicyclic) bond motifs is 3. The lowest BCUT2D eigenvalue weighted by Gasteiger charge is -2.37. The molecule has 5 rings (SSSR count). The van der Waals surface area contributed by atoms with Gasteiger partial charge in [0.15, 0.2) is 23.1 Å². The summed E-state index contributed by atoms with van der Waals surface area (Å²) in [5.41, 5.74) is 2.49. The number of carbonyl (C=O) groups is 1. The number of nitrogens with zero attached hydrogens (tertiary/aromatic N) is 5. The molecule has 11 heteroatoms. The van der Waals surface area contributed by atoms with E-state index in [4.69, 9.17) is 9.47 Å². The number of benzene rings is 1. The lowest BCUT2D eigenvalue weighted by molar-refractivity contribution is 0.251. The van der Waals surface area contributed by atoms with Gasteiger partial charge in [-0.1, -0.05) is 12.8 Å². The molecule has 9 nitrogen and oxygen atoms in total. The van der Waals surface area contributed by atoms with E-state index in [1.54, 1.807) is 30.7 Å². The van der Waals surface area contributed by atoms with Crippen LogP contribution in [0.4, 0.5) is 30.6 Å². The van der Waals surface area contributed by atoms with Crippen molar-refractivity contribution in [3.05, 3.63) is 65.7 Å². The zero-order valence-electron chi connectivity index (χ0n) is 24.0. The average molecular weight is 575 g/mol. The van der Waals surface area contributed by atoms with Crippen molar-refractivity contribution in [1.29, 1.82) is 0 Å². The summed E-state index contributed by atoms with van der Waals surface area (Å²) in [6.07, 6.45) is 7.06. The Morgan fingerprint density at radius 1 is 1.05 bits per heavy atom. The molecule has 0 bridgehead atoms. The zero-order valence-corrected chi connectivity index (χ0v) is 24.0. The van der Waals surface area contributed by atoms with Crippen LogP contribution in [-0.4, -0.2) is 60.2 Å². The third kappa shape index (κ3) is 5.45. The number of rotatable bonds is 9. The number of halogens is 2. The molecule has 0 radical (unpaired) electrons. The SMILES string of the molecule is CCCN(C)CCC#CCc1cc2c3c(cnc2[nH]1)CN(c1c(F)c(OC)cc(OC)c1F)C(=O)N3c1ccncc1. The molecule has 0 unspecified atom stereocenters. The van der Waals surface area contributed by atoms with E-state index in [9.17, 15) is 4.79 Å². The highest BCUT2D eigenvalue weighted by molar-refractivity contribution is 6.15. The van der Waals surface area contributed by atoms with Gasteiger partial charge in [0.05, 0.1) is 32.1 Å². The summed E-state index contributed by atoms with van der Waals surface area (Å²) >= 11 is 0. The standard InChI is InChI=1S/C31H32F2N6O3/c1-5-14-37(2)15-8-6-7-9-21-16-23-28-20(18-35-30(23)36-21)19-38(31(40)39(28)22-10-12-34-13-11-22)29-26(32)24(41-3)17-25(42-4)27(29)33/h10-13,16-18H,5,8-9,14-15,19H2,1-4H3,(H,35,36).